The van der Waals surface area contributed by atoms with Gasteiger partial charge in [-0.05, 0) is 54.5 Å². The highest BCUT2D eigenvalue weighted by Crippen LogP contribution is 2.32. The van der Waals surface area contributed by atoms with Crippen LogP contribution >= 0.6 is 11.6 Å². The Hall–Kier alpha value is -1.51. The molecular weight excluding hydrogens is 282 g/mol. The molecule has 0 saturated heterocycles. The van der Waals surface area contributed by atoms with Crippen LogP contribution in [-0.4, -0.2) is 7.11 Å². The zero-order valence-corrected chi connectivity index (χ0v) is 13.0. The van der Waals surface area contributed by atoms with E-state index in [0.717, 1.165) is 23.3 Å². The van der Waals surface area contributed by atoms with Gasteiger partial charge in [0, 0.05) is 10.6 Å². The number of fused-ring (bicyclic) bond motifs is 1. The molecule has 0 saturated carbocycles. The number of rotatable bonds is 3. The number of halogens is 1. The fourth-order valence-electron chi connectivity index (χ4n) is 3.07. The fraction of sp³-hybridized carbons (Fsp3) is 0.333. The number of benzene rings is 2. The Kier molecular flexibility index (Phi) is 4.18. The van der Waals surface area contributed by atoms with Crippen LogP contribution < -0.4 is 10.5 Å². The monoisotopic (exact) mass is 301 g/mol. The molecule has 2 aromatic rings. The van der Waals surface area contributed by atoms with Crippen molar-refractivity contribution < 1.29 is 4.74 Å². The second-order valence-corrected chi connectivity index (χ2v) is 6.04. The summed E-state index contributed by atoms with van der Waals surface area (Å²) in [6.07, 6.45) is 4.92. The highest BCUT2D eigenvalue weighted by Gasteiger charge is 2.17. The molecule has 1 unspecified atom stereocenters. The standard InChI is InChI=1S/C18H20ClNO/c1-21-17-11-15(19)8-9-16(17)18(20)14-7-6-12-4-2-3-5-13(12)10-14/h6-11,18H,2-5,20H2,1H3. The maximum Gasteiger partial charge on any atom is 0.125 e. The first-order chi connectivity index (χ1) is 10.2. The average Bonchev–Trinajstić information content (AvgIpc) is 2.53. The van der Waals surface area contributed by atoms with E-state index in [2.05, 4.69) is 18.2 Å². The van der Waals surface area contributed by atoms with Crippen LogP contribution in [-0.2, 0) is 12.8 Å². The number of ether oxygens (including phenoxy) is 1. The predicted octanol–water partition coefficient (Wildman–Crippen LogP) is 4.28. The van der Waals surface area contributed by atoms with Gasteiger partial charge in [-0.25, -0.2) is 0 Å². The predicted molar refractivity (Wildman–Crippen MR) is 87.1 cm³/mol. The molecule has 0 aliphatic heterocycles. The van der Waals surface area contributed by atoms with Gasteiger partial charge in [-0.2, -0.15) is 0 Å². The molecule has 1 aliphatic carbocycles. The van der Waals surface area contributed by atoms with Crippen LogP contribution in [0.4, 0.5) is 0 Å². The van der Waals surface area contributed by atoms with Crippen molar-refractivity contribution in [3.63, 3.8) is 0 Å². The molecule has 1 atom stereocenters. The molecule has 2 nitrogen and oxygen atoms in total. The van der Waals surface area contributed by atoms with Crippen LogP contribution in [0.25, 0.3) is 0 Å². The van der Waals surface area contributed by atoms with E-state index in [1.807, 2.05) is 18.2 Å². The fourth-order valence-corrected chi connectivity index (χ4v) is 3.23. The summed E-state index contributed by atoms with van der Waals surface area (Å²) in [5, 5.41) is 0.660. The summed E-state index contributed by atoms with van der Waals surface area (Å²) >= 11 is 6.02. The smallest absolute Gasteiger partial charge is 0.125 e. The van der Waals surface area contributed by atoms with Crippen molar-refractivity contribution >= 4 is 11.6 Å². The van der Waals surface area contributed by atoms with E-state index in [9.17, 15) is 0 Å². The van der Waals surface area contributed by atoms with Crippen molar-refractivity contribution in [1.29, 1.82) is 0 Å². The molecule has 3 rings (SSSR count). The van der Waals surface area contributed by atoms with Crippen LogP contribution in [0, 0.1) is 0 Å². The molecule has 0 bridgehead atoms. The lowest BCUT2D eigenvalue weighted by Crippen LogP contribution is -2.14. The van der Waals surface area contributed by atoms with Crippen molar-refractivity contribution in [2.45, 2.75) is 31.7 Å². The largest absolute Gasteiger partial charge is 0.496 e. The lowest BCUT2D eigenvalue weighted by Gasteiger charge is -2.20. The number of methoxy groups -OCH3 is 1. The Balaban J connectivity index is 1.96. The molecular formula is C18H20ClNO. The Morgan fingerprint density at radius 2 is 1.81 bits per heavy atom. The Morgan fingerprint density at radius 1 is 1.05 bits per heavy atom. The number of hydrogen-bond acceptors (Lipinski definition) is 2. The minimum absolute atomic E-state index is 0.190. The van der Waals surface area contributed by atoms with Gasteiger partial charge < -0.3 is 10.5 Å². The Labute approximate surface area is 130 Å². The molecule has 1 aliphatic rings. The van der Waals surface area contributed by atoms with Gasteiger partial charge in [0.25, 0.3) is 0 Å². The molecule has 0 spiro atoms. The molecule has 3 heteroatoms. The maximum atomic E-state index is 6.45. The number of aryl methyl sites for hydroxylation is 2. The summed E-state index contributed by atoms with van der Waals surface area (Å²) in [7, 11) is 1.65. The van der Waals surface area contributed by atoms with E-state index in [4.69, 9.17) is 22.1 Å². The highest BCUT2D eigenvalue weighted by molar-refractivity contribution is 6.30. The lowest BCUT2D eigenvalue weighted by atomic mass is 9.88. The van der Waals surface area contributed by atoms with Crippen molar-refractivity contribution in [3.8, 4) is 5.75 Å². The molecule has 0 fully saturated rings. The normalized spacial score (nSPS) is 15.4. The van der Waals surface area contributed by atoms with Gasteiger partial charge in [-0.15, -0.1) is 0 Å². The summed E-state index contributed by atoms with van der Waals surface area (Å²) in [6, 6.07) is 12.1. The van der Waals surface area contributed by atoms with Gasteiger partial charge in [-0.1, -0.05) is 35.9 Å². The highest BCUT2D eigenvalue weighted by atomic mass is 35.5. The SMILES string of the molecule is COc1cc(Cl)ccc1C(N)c1ccc2c(c1)CCCC2. The first kappa shape index (κ1) is 14.4. The van der Waals surface area contributed by atoms with E-state index < -0.39 is 0 Å². The summed E-state index contributed by atoms with van der Waals surface area (Å²) in [5.74, 6) is 0.743. The van der Waals surface area contributed by atoms with Crippen molar-refractivity contribution in [1.82, 2.24) is 0 Å². The third-order valence-electron chi connectivity index (χ3n) is 4.26. The summed E-state index contributed by atoms with van der Waals surface area (Å²) in [6.45, 7) is 0. The van der Waals surface area contributed by atoms with Crippen LogP contribution in [0.1, 0.15) is 41.1 Å². The first-order valence-corrected chi connectivity index (χ1v) is 7.77. The molecule has 0 radical (unpaired) electrons. The minimum Gasteiger partial charge on any atom is -0.496 e. The molecule has 0 amide bonds. The van der Waals surface area contributed by atoms with Gasteiger partial charge in [0.15, 0.2) is 0 Å². The van der Waals surface area contributed by atoms with Crippen molar-refractivity contribution in [2.24, 2.45) is 5.73 Å². The maximum absolute atomic E-state index is 6.45. The molecule has 0 aromatic heterocycles. The van der Waals surface area contributed by atoms with Crippen LogP contribution in [0.5, 0.6) is 5.75 Å². The van der Waals surface area contributed by atoms with Gasteiger partial charge in [-0.3, -0.25) is 0 Å². The molecule has 21 heavy (non-hydrogen) atoms. The van der Waals surface area contributed by atoms with E-state index >= 15 is 0 Å². The van der Waals surface area contributed by atoms with Gasteiger partial charge in [0.1, 0.15) is 5.75 Å². The summed E-state index contributed by atoms with van der Waals surface area (Å²) < 4.78 is 5.42. The zero-order chi connectivity index (χ0) is 14.8. The van der Waals surface area contributed by atoms with Crippen LogP contribution in [0.2, 0.25) is 5.02 Å². The average molecular weight is 302 g/mol. The molecule has 2 N–H and O–H groups in total. The molecule has 110 valence electrons. The topological polar surface area (TPSA) is 35.2 Å². The Morgan fingerprint density at radius 3 is 2.57 bits per heavy atom. The third kappa shape index (κ3) is 2.92. The van der Waals surface area contributed by atoms with E-state index in [-0.39, 0.29) is 6.04 Å². The second-order valence-electron chi connectivity index (χ2n) is 5.60. The van der Waals surface area contributed by atoms with Gasteiger partial charge >= 0.3 is 0 Å². The quantitative estimate of drug-likeness (QED) is 0.918. The molecule has 0 heterocycles. The van der Waals surface area contributed by atoms with Crippen molar-refractivity contribution in [2.75, 3.05) is 7.11 Å². The van der Waals surface area contributed by atoms with Crippen LogP contribution in [0.3, 0.4) is 0 Å². The van der Waals surface area contributed by atoms with Gasteiger partial charge in [0.05, 0.1) is 13.2 Å². The summed E-state index contributed by atoms with van der Waals surface area (Å²) in [4.78, 5) is 0. The molecule has 2 aromatic carbocycles. The van der Waals surface area contributed by atoms with E-state index in [0.29, 0.717) is 5.02 Å². The third-order valence-corrected chi connectivity index (χ3v) is 4.50. The van der Waals surface area contributed by atoms with Crippen molar-refractivity contribution in [3.05, 3.63) is 63.7 Å². The zero-order valence-electron chi connectivity index (χ0n) is 12.2. The van der Waals surface area contributed by atoms with E-state index in [1.54, 1.807) is 7.11 Å². The van der Waals surface area contributed by atoms with E-state index in [1.165, 1.54) is 30.4 Å². The second kappa shape index (κ2) is 6.08. The Bertz CT molecular complexity index is 654. The van der Waals surface area contributed by atoms with Crippen LogP contribution in [0.15, 0.2) is 36.4 Å². The van der Waals surface area contributed by atoms with Gasteiger partial charge in [0.2, 0.25) is 0 Å². The minimum atomic E-state index is -0.190. The summed E-state index contributed by atoms with van der Waals surface area (Å²) in [5.41, 5.74) is 11.5. The number of nitrogens with two attached hydrogens (primary N) is 1. The lowest BCUT2D eigenvalue weighted by molar-refractivity contribution is 0.408. The number of hydrogen-bond donors (Lipinski definition) is 1. The first-order valence-electron chi connectivity index (χ1n) is 7.40.